The standard InChI is InChI=1S/C16H20F3N5O/c1-10-12(11(2)23-22-10)7-9-24(3)15(25)21-14(16(17,18)19)13-6-4-5-8-20-13/h4-6,8,14H,7,9H2,1-3H3,(H,21,25)(H,22,23)/t14-/m0/s1. The lowest BCUT2D eigenvalue weighted by molar-refractivity contribution is -0.156. The second-order valence-corrected chi connectivity index (χ2v) is 5.76. The highest BCUT2D eigenvalue weighted by Gasteiger charge is 2.43. The highest BCUT2D eigenvalue weighted by Crippen LogP contribution is 2.31. The van der Waals surface area contributed by atoms with Crippen LogP contribution < -0.4 is 5.32 Å². The number of pyridine rings is 1. The number of nitrogens with one attached hydrogen (secondary N) is 2. The smallest absolute Gasteiger partial charge is 0.328 e. The Morgan fingerprint density at radius 1 is 1.36 bits per heavy atom. The van der Waals surface area contributed by atoms with Gasteiger partial charge in [0.1, 0.15) is 0 Å². The van der Waals surface area contributed by atoms with Crippen molar-refractivity contribution in [1.29, 1.82) is 0 Å². The lowest BCUT2D eigenvalue weighted by atomic mass is 10.1. The number of nitrogens with zero attached hydrogens (tertiary/aromatic N) is 3. The molecular weight excluding hydrogens is 335 g/mol. The van der Waals surface area contributed by atoms with E-state index in [-0.39, 0.29) is 12.2 Å². The first-order chi connectivity index (χ1) is 11.7. The molecule has 1 atom stereocenters. The number of urea groups is 1. The van der Waals surface area contributed by atoms with E-state index < -0.39 is 18.2 Å². The number of alkyl halides is 3. The molecule has 0 bridgehead atoms. The molecule has 9 heteroatoms. The Morgan fingerprint density at radius 2 is 2.08 bits per heavy atom. The Hall–Kier alpha value is -2.58. The summed E-state index contributed by atoms with van der Waals surface area (Å²) in [5, 5.41) is 8.90. The fourth-order valence-corrected chi connectivity index (χ4v) is 2.43. The molecule has 0 spiro atoms. The predicted octanol–water partition coefficient (Wildman–Crippen LogP) is 2.91. The number of hydrogen-bond acceptors (Lipinski definition) is 3. The lowest BCUT2D eigenvalue weighted by Gasteiger charge is -2.25. The number of hydrogen-bond donors (Lipinski definition) is 2. The molecule has 0 unspecified atom stereocenters. The molecule has 2 heterocycles. The Bertz CT molecular complexity index is 695. The van der Waals surface area contributed by atoms with Crippen molar-refractivity contribution in [3.05, 3.63) is 47.0 Å². The van der Waals surface area contributed by atoms with E-state index in [2.05, 4.69) is 15.2 Å². The van der Waals surface area contributed by atoms with E-state index in [1.165, 1.54) is 36.3 Å². The zero-order valence-electron chi connectivity index (χ0n) is 14.2. The zero-order chi connectivity index (χ0) is 18.6. The van der Waals surface area contributed by atoms with Gasteiger partial charge in [-0.15, -0.1) is 0 Å². The van der Waals surface area contributed by atoms with E-state index in [9.17, 15) is 18.0 Å². The van der Waals surface area contributed by atoms with Crippen LogP contribution in [0.15, 0.2) is 24.4 Å². The number of aryl methyl sites for hydroxylation is 2. The van der Waals surface area contributed by atoms with Gasteiger partial charge in [0.2, 0.25) is 0 Å². The molecule has 0 aliphatic rings. The Balaban J connectivity index is 2.03. The van der Waals surface area contributed by atoms with Crippen LogP contribution >= 0.6 is 0 Å². The second-order valence-electron chi connectivity index (χ2n) is 5.76. The van der Waals surface area contributed by atoms with Crippen LogP contribution in [0.2, 0.25) is 0 Å². The number of amides is 2. The van der Waals surface area contributed by atoms with Gasteiger partial charge in [-0.3, -0.25) is 10.1 Å². The first kappa shape index (κ1) is 18.8. The summed E-state index contributed by atoms with van der Waals surface area (Å²) >= 11 is 0. The largest absolute Gasteiger partial charge is 0.414 e. The predicted molar refractivity (Wildman–Crippen MR) is 86.0 cm³/mol. The first-order valence-corrected chi connectivity index (χ1v) is 7.70. The van der Waals surface area contributed by atoms with E-state index >= 15 is 0 Å². The number of halogens is 3. The van der Waals surface area contributed by atoms with Crippen molar-refractivity contribution in [2.45, 2.75) is 32.5 Å². The van der Waals surface area contributed by atoms with Crippen LogP contribution in [0.1, 0.15) is 28.7 Å². The van der Waals surface area contributed by atoms with Gasteiger partial charge in [-0.05, 0) is 38.0 Å². The summed E-state index contributed by atoms with van der Waals surface area (Å²) in [7, 11) is 1.45. The van der Waals surface area contributed by atoms with Crippen LogP contribution in [0, 0.1) is 13.8 Å². The number of likely N-dealkylation sites (N-methyl/N-ethyl adjacent to an activating group) is 1. The Morgan fingerprint density at radius 3 is 2.60 bits per heavy atom. The summed E-state index contributed by atoms with van der Waals surface area (Å²) in [6.07, 6.45) is -2.88. The molecule has 2 amide bonds. The van der Waals surface area contributed by atoms with Crippen LogP contribution in [-0.4, -0.2) is 45.9 Å². The van der Waals surface area contributed by atoms with E-state index in [0.29, 0.717) is 6.42 Å². The Labute approximate surface area is 143 Å². The van der Waals surface area contributed by atoms with Crippen molar-refractivity contribution in [3.63, 3.8) is 0 Å². The number of carbonyl (C=O) groups excluding carboxylic acids is 1. The maximum Gasteiger partial charge on any atom is 0.414 e. The van der Waals surface area contributed by atoms with Crippen LogP contribution in [0.4, 0.5) is 18.0 Å². The van der Waals surface area contributed by atoms with Crippen molar-refractivity contribution in [3.8, 4) is 0 Å². The van der Waals surface area contributed by atoms with Crippen molar-refractivity contribution in [2.75, 3.05) is 13.6 Å². The summed E-state index contributed by atoms with van der Waals surface area (Å²) in [5.41, 5.74) is 2.40. The molecule has 2 aromatic rings. The third-order valence-corrected chi connectivity index (χ3v) is 3.90. The van der Waals surface area contributed by atoms with Crippen molar-refractivity contribution >= 4 is 6.03 Å². The van der Waals surface area contributed by atoms with Gasteiger partial charge in [-0.25, -0.2) is 4.79 Å². The van der Waals surface area contributed by atoms with Gasteiger partial charge in [0.05, 0.1) is 11.4 Å². The first-order valence-electron chi connectivity index (χ1n) is 7.70. The van der Waals surface area contributed by atoms with Crippen molar-refractivity contribution < 1.29 is 18.0 Å². The molecular formula is C16H20F3N5O. The molecule has 6 nitrogen and oxygen atoms in total. The third kappa shape index (κ3) is 4.71. The molecule has 136 valence electrons. The van der Waals surface area contributed by atoms with Gasteiger partial charge < -0.3 is 10.2 Å². The topological polar surface area (TPSA) is 73.9 Å². The molecule has 0 aromatic carbocycles. The van der Waals surface area contributed by atoms with Crippen LogP contribution in [-0.2, 0) is 6.42 Å². The van der Waals surface area contributed by atoms with Gasteiger partial charge in [0.15, 0.2) is 6.04 Å². The Kier molecular flexibility index (Phi) is 5.66. The molecule has 2 N–H and O–H groups in total. The van der Waals surface area contributed by atoms with Gasteiger partial charge in [-0.1, -0.05) is 6.07 Å². The van der Waals surface area contributed by atoms with Gasteiger partial charge in [0, 0.05) is 25.5 Å². The average Bonchev–Trinajstić information content (AvgIpc) is 2.88. The highest BCUT2D eigenvalue weighted by atomic mass is 19.4. The van der Waals surface area contributed by atoms with Crippen LogP contribution in [0.25, 0.3) is 0 Å². The quantitative estimate of drug-likeness (QED) is 0.866. The number of H-pyrrole nitrogens is 1. The van der Waals surface area contributed by atoms with Gasteiger partial charge >= 0.3 is 12.2 Å². The minimum atomic E-state index is -4.64. The maximum atomic E-state index is 13.3. The average molecular weight is 355 g/mol. The highest BCUT2D eigenvalue weighted by molar-refractivity contribution is 5.74. The lowest BCUT2D eigenvalue weighted by Crippen LogP contribution is -2.45. The molecule has 0 saturated carbocycles. The number of rotatable bonds is 5. The maximum absolute atomic E-state index is 13.3. The summed E-state index contributed by atoms with van der Waals surface area (Å²) < 4.78 is 39.8. The molecule has 0 aliphatic carbocycles. The third-order valence-electron chi connectivity index (χ3n) is 3.90. The summed E-state index contributed by atoms with van der Waals surface area (Å²) in [6.45, 7) is 3.95. The molecule has 0 fully saturated rings. The second kappa shape index (κ2) is 7.54. The monoisotopic (exact) mass is 355 g/mol. The van der Waals surface area contributed by atoms with E-state index in [1.807, 2.05) is 19.2 Å². The molecule has 0 radical (unpaired) electrons. The molecule has 0 saturated heterocycles. The number of aromatic amines is 1. The zero-order valence-corrected chi connectivity index (χ0v) is 14.2. The fraction of sp³-hybridized carbons (Fsp3) is 0.438. The van der Waals surface area contributed by atoms with E-state index in [0.717, 1.165) is 17.0 Å². The summed E-state index contributed by atoms with van der Waals surface area (Å²) in [5.74, 6) is 0. The SMILES string of the molecule is Cc1n[nH]c(C)c1CCN(C)C(=O)N[C@@H](c1ccccn1)C(F)(F)F. The van der Waals surface area contributed by atoms with E-state index in [1.54, 1.807) is 0 Å². The van der Waals surface area contributed by atoms with Crippen LogP contribution in [0.5, 0.6) is 0 Å². The van der Waals surface area contributed by atoms with Gasteiger partial charge in [0.25, 0.3) is 0 Å². The van der Waals surface area contributed by atoms with Gasteiger partial charge in [-0.2, -0.15) is 18.3 Å². The number of carbonyl (C=O) groups is 1. The van der Waals surface area contributed by atoms with Crippen molar-refractivity contribution in [2.24, 2.45) is 0 Å². The molecule has 2 aromatic heterocycles. The van der Waals surface area contributed by atoms with Crippen molar-refractivity contribution in [1.82, 2.24) is 25.4 Å². The molecule has 0 aliphatic heterocycles. The van der Waals surface area contributed by atoms with E-state index in [4.69, 9.17) is 0 Å². The summed E-state index contributed by atoms with van der Waals surface area (Å²) in [4.78, 5) is 17.1. The minimum absolute atomic E-state index is 0.252. The fourth-order valence-electron chi connectivity index (χ4n) is 2.43. The summed E-state index contributed by atoms with van der Waals surface area (Å²) in [6, 6.07) is 1.23. The molecule has 2 rings (SSSR count). The normalized spacial score (nSPS) is 12.7. The minimum Gasteiger partial charge on any atom is -0.328 e. The molecule has 25 heavy (non-hydrogen) atoms. The van der Waals surface area contributed by atoms with Crippen LogP contribution in [0.3, 0.4) is 0 Å². The number of aromatic nitrogens is 3.